The fourth-order valence-corrected chi connectivity index (χ4v) is 4.26. The van der Waals surface area contributed by atoms with E-state index in [0.29, 0.717) is 22.6 Å². The van der Waals surface area contributed by atoms with Gasteiger partial charge in [-0.2, -0.15) is 0 Å². The largest absolute Gasteiger partial charge is 0.495 e. The molecular formula is C21H26N2O6S. The highest BCUT2D eigenvalue weighted by atomic mass is 32.2. The summed E-state index contributed by atoms with van der Waals surface area (Å²) in [7, 11) is -1.12. The van der Waals surface area contributed by atoms with Gasteiger partial charge in [-0.3, -0.25) is 9.10 Å². The molecule has 0 radical (unpaired) electrons. The average molecular weight is 435 g/mol. The molecule has 2 aromatic carbocycles. The van der Waals surface area contributed by atoms with E-state index in [0.717, 1.165) is 16.1 Å². The average Bonchev–Trinajstić information content (AvgIpc) is 2.68. The van der Waals surface area contributed by atoms with Gasteiger partial charge in [0.15, 0.2) is 0 Å². The van der Waals surface area contributed by atoms with Gasteiger partial charge in [0.25, 0.3) is 0 Å². The zero-order valence-electron chi connectivity index (χ0n) is 17.8. The van der Waals surface area contributed by atoms with Crippen LogP contribution >= 0.6 is 0 Å². The molecule has 0 spiro atoms. The van der Waals surface area contributed by atoms with E-state index >= 15 is 0 Å². The summed E-state index contributed by atoms with van der Waals surface area (Å²) in [6.07, 6.45) is 1.03. The normalized spacial score (nSPS) is 12.1. The standard InChI is InChI=1S/C21H26N2O6S/c1-13-10-11-19(28-4)18(12-13)23(30(6,26)27)15(3)20(24)22-17-9-7-8-16(14(17)2)21(25)29-5/h7-12,15H,1-6H3,(H,22,24)/t15-/m1/s1. The topological polar surface area (TPSA) is 102 Å². The number of sulfonamides is 1. The summed E-state index contributed by atoms with van der Waals surface area (Å²) in [5.41, 5.74) is 2.29. The van der Waals surface area contributed by atoms with Gasteiger partial charge in [-0.25, -0.2) is 13.2 Å². The van der Waals surface area contributed by atoms with Gasteiger partial charge in [0.2, 0.25) is 15.9 Å². The van der Waals surface area contributed by atoms with Gasteiger partial charge in [-0.1, -0.05) is 12.1 Å². The lowest BCUT2D eigenvalue weighted by molar-refractivity contribution is -0.116. The second-order valence-electron chi connectivity index (χ2n) is 6.87. The van der Waals surface area contributed by atoms with Crippen molar-refractivity contribution in [1.29, 1.82) is 0 Å². The fourth-order valence-electron chi connectivity index (χ4n) is 3.09. The first-order valence-corrected chi connectivity index (χ1v) is 11.0. The van der Waals surface area contributed by atoms with E-state index in [1.54, 1.807) is 43.3 Å². The van der Waals surface area contributed by atoms with Gasteiger partial charge in [-0.05, 0) is 56.2 Å². The number of esters is 1. The Balaban J connectivity index is 2.44. The molecule has 0 unspecified atom stereocenters. The minimum atomic E-state index is -3.82. The Labute approximate surface area is 176 Å². The van der Waals surface area contributed by atoms with Crippen molar-refractivity contribution in [2.75, 3.05) is 30.1 Å². The first kappa shape index (κ1) is 23.2. The second-order valence-corrected chi connectivity index (χ2v) is 8.73. The van der Waals surface area contributed by atoms with Gasteiger partial charge < -0.3 is 14.8 Å². The van der Waals surface area contributed by atoms with Crippen molar-refractivity contribution >= 4 is 33.3 Å². The highest BCUT2D eigenvalue weighted by Crippen LogP contribution is 2.33. The number of anilines is 2. The lowest BCUT2D eigenvalue weighted by Gasteiger charge is -2.29. The Morgan fingerprint density at radius 3 is 2.33 bits per heavy atom. The van der Waals surface area contributed by atoms with Crippen LogP contribution in [0.3, 0.4) is 0 Å². The number of carbonyl (C=O) groups is 2. The third-order valence-corrected chi connectivity index (χ3v) is 5.88. The molecule has 2 rings (SSSR count). The summed E-state index contributed by atoms with van der Waals surface area (Å²) < 4.78 is 36.3. The number of nitrogens with zero attached hydrogens (tertiary/aromatic N) is 1. The van der Waals surface area contributed by atoms with E-state index in [2.05, 4.69) is 5.32 Å². The maximum absolute atomic E-state index is 13.0. The van der Waals surface area contributed by atoms with E-state index in [4.69, 9.17) is 9.47 Å². The van der Waals surface area contributed by atoms with Crippen LogP contribution in [0.4, 0.5) is 11.4 Å². The van der Waals surface area contributed by atoms with Crippen molar-refractivity contribution in [3.8, 4) is 5.75 Å². The molecule has 0 bridgehead atoms. The predicted molar refractivity (Wildman–Crippen MR) is 116 cm³/mol. The smallest absolute Gasteiger partial charge is 0.338 e. The highest BCUT2D eigenvalue weighted by Gasteiger charge is 2.31. The number of benzene rings is 2. The minimum absolute atomic E-state index is 0.266. The van der Waals surface area contributed by atoms with Crippen LogP contribution in [0.25, 0.3) is 0 Å². The highest BCUT2D eigenvalue weighted by molar-refractivity contribution is 7.92. The number of amides is 1. The van der Waals surface area contributed by atoms with E-state index < -0.39 is 27.9 Å². The molecule has 1 N–H and O–H groups in total. The molecule has 0 aromatic heterocycles. The van der Waals surface area contributed by atoms with Gasteiger partial charge in [0.1, 0.15) is 11.8 Å². The maximum Gasteiger partial charge on any atom is 0.338 e. The SMILES string of the molecule is COC(=O)c1cccc(NC(=O)[C@@H](C)N(c2cc(C)ccc2OC)S(C)(=O)=O)c1C. The van der Waals surface area contributed by atoms with Crippen molar-refractivity contribution in [2.24, 2.45) is 0 Å². The van der Waals surface area contributed by atoms with Gasteiger partial charge in [0.05, 0.1) is 31.7 Å². The molecule has 9 heteroatoms. The molecule has 30 heavy (non-hydrogen) atoms. The Morgan fingerprint density at radius 2 is 1.77 bits per heavy atom. The molecule has 0 fully saturated rings. The van der Waals surface area contributed by atoms with E-state index in [9.17, 15) is 18.0 Å². The Morgan fingerprint density at radius 1 is 1.10 bits per heavy atom. The maximum atomic E-state index is 13.0. The molecular weight excluding hydrogens is 408 g/mol. The molecule has 162 valence electrons. The molecule has 0 saturated carbocycles. The van der Waals surface area contributed by atoms with Crippen LogP contribution in [0.2, 0.25) is 0 Å². The third kappa shape index (κ3) is 4.91. The molecule has 1 atom stereocenters. The zero-order chi connectivity index (χ0) is 22.6. The number of hydrogen-bond donors (Lipinski definition) is 1. The van der Waals surface area contributed by atoms with Crippen LogP contribution in [0.15, 0.2) is 36.4 Å². The van der Waals surface area contributed by atoms with Crippen molar-refractivity contribution in [2.45, 2.75) is 26.8 Å². The number of hydrogen-bond acceptors (Lipinski definition) is 6. The molecule has 0 heterocycles. The Kier molecular flexibility index (Phi) is 7.09. The van der Waals surface area contributed by atoms with Crippen molar-refractivity contribution < 1.29 is 27.5 Å². The molecule has 1 amide bonds. The zero-order valence-corrected chi connectivity index (χ0v) is 18.7. The number of ether oxygens (including phenoxy) is 2. The predicted octanol–water partition coefficient (Wildman–Crippen LogP) is 2.89. The molecule has 0 aliphatic carbocycles. The van der Waals surface area contributed by atoms with E-state index in [1.165, 1.54) is 21.1 Å². The lowest BCUT2D eigenvalue weighted by Crippen LogP contribution is -2.45. The summed E-state index contributed by atoms with van der Waals surface area (Å²) in [5, 5.41) is 2.71. The summed E-state index contributed by atoms with van der Waals surface area (Å²) in [6, 6.07) is 8.82. The van der Waals surface area contributed by atoms with Gasteiger partial charge in [0, 0.05) is 5.69 Å². The number of carbonyl (C=O) groups excluding carboxylic acids is 2. The van der Waals surface area contributed by atoms with Crippen LogP contribution in [0.1, 0.15) is 28.4 Å². The second kappa shape index (κ2) is 9.17. The summed E-state index contributed by atoms with van der Waals surface area (Å²) in [5.74, 6) is -0.762. The molecule has 0 aliphatic rings. The molecule has 0 saturated heterocycles. The minimum Gasteiger partial charge on any atom is -0.495 e. The number of rotatable bonds is 7. The van der Waals surface area contributed by atoms with Crippen molar-refractivity contribution in [1.82, 2.24) is 0 Å². The van der Waals surface area contributed by atoms with Crippen LogP contribution < -0.4 is 14.4 Å². The lowest BCUT2D eigenvalue weighted by atomic mass is 10.1. The quantitative estimate of drug-likeness (QED) is 0.673. The van der Waals surface area contributed by atoms with Crippen LogP contribution in [0.5, 0.6) is 5.75 Å². The molecule has 2 aromatic rings. The van der Waals surface area contributed by atoms with Crippen LogP contribution in [-0.4, -0.2) is 46.8 Å². The van der Waals surface area contributed by atoms with Gasteiger partial charge >= 0.3 is 5.97 Å². The number of nitrogens with one attached hydrogen (secondary N) is 1. The first-order valence-electron chi connectivity index (χ1n) is 9.14. The van der Waals surface area contributed by atoms with Crippen molar-refractivity contribution in [3.05, 3.63) is 53.1 Å². The van der Waals surface area contributed by atoms with E-state index in [1.807, 2.05) is 6.92 Å². The number of aryl methyl sites for hydroxylation is 1. The monoisotopic (exact) mass is 434 g/mol. The Bertz CT molecular complexity index is 1070. The third-order valence-electron chi connectivity index (χ3n) is 4.66. The number of methoxy groups -OCH3 is 2. The van der Waals surface area contributed by atoms with Crippen molar-refractivity contribution in [3.63, 3.8) is 0 Å². The van der Waals surface area contributed by atoms with Crippen LogP contribution in [-0.2, 0) is 19.6 Å². The van der Waals surface area contributed by atoms with Gasteiger partial charge in [-0.15, -0.1) is 0 Å². The summed E-state index contributed by atoms with van der Waals surface area (Å²) in [4.78, 5) is 24.9. The fraction of sp³-hybridized carbons (Fsp3) is 0.333. The summed E-state index contributed by atoms with van der Waals surface area (Å²) in [6.45, 7) is 4.97. The summed E-state index contributed by atoms with van der Waals surface area (Å²) >= 11 is 0. The molecule has 8 nitrogen and oxygen atoms in total. The first-order chi connectivity index (χ1) is 14.0. The van der Waals surface area contributed by atoms with Crippen LogP contribution in [0, 0.1) is 13.8 Å². The Hall–Kier alpha value is -3.07. The van der Waals surface area contributed by atoms with E-state index in [-0.39, 0.29) is 5.69 Å². The molecule has 0 aliphatic heterocycles.